The molecule has 1 rings (SSSR count). The van der Waals surface area contributed by atoms with E-state index in [1.54, 1.807) is 0 Å². The van der Waals surface area contributed by atoms with Crippen LogP contribution in [0.2, 0.25) is 0 Å². The van der Waals surface area contributed by atoms with Crippen LogP contribution in [0.5, 0.6) is 0 Å². The van der Waals surface area contributed by atoms with E-state index in [4.69, 9.17) is 0 Å². The molecule has 1 aromatic heterocycles. The Balaban J connectivity index is 2.78. The molecular weight excluding hydrogens is 174 g/mol. The lowest BCUT2D eigenvalue weighted by atomic mass is 9.88. The minimum atomic E-state index is 0.319. The number of hydrogen-bond donors (Lipinski definition) is 1. The van der Waals surface area contributed by atoms with Crippen molar-refractivity contribution in [2.75, 3.05) is 7.05 Å². The van der Waals surface area contributed by atoms with E-state index in [2.05, 4.69) is 35.6 Å². The van der Waals surface area contributed by atoms with E-state index in [1.807, 2.05) is 26.5 Å². The van der Waals surface area contributed by atoms with Crippen LogP contribution in [0.25, 0.3) is 0 Å². The molecule has 1 unspecified atom stereocenters. The Morgan fingerprint density at radius 1 is 1.50 bits per heavy atom. The molecule has 1 heterocycles. The maximum atomic E-state index is 4.37. The molecule has 14 heavy (non-hydrogen) atoms. The third kappa shape index (κ3) is 2.84. The van der Waals surface area contributed by atoms with Gasteiger partial charge in [-0.1, -0.05) is 20.8 Å². The Kier molecular flexibility index (Phi) is 3.32. The number of aryl methyl sites for hydroxylation is 1. The molecule has 0 aliphatic carbocycles. The topological polar surface area (TPSA) is 29.9 Å². The van der Waals surface area contributed by atoms with Crippen molar-refractivity contribution in [2.45, 2.75) is 33.2 Å². The second-order valence-electron chi connectivity index (χ2n) is 5.00. The second-order valence-corrected chi connectivity index (χ2v) is 5.00. The van der Waals surface area contributed by atoms with Gasteiger partial charge in [0, 0.05) is 19.4 Å². The maximum Gasteiger partial charge on any atom is 0.125 e. The summed E-state index contributed by atoms with van der Waals surface area (Å²) < 4.78 is 2.08. The minimum Gasteiger partial charge on any atom is -0.337 e. The lowest BCUT2D eigenvalue weighted by Crippen LogP contribution is -2.25. The Labute approximate surface area is 86.5 Å². The summed E-state index contributed by atoms with van der Waals surface area (Å²) in [6.45, 7) is 6.75. The molecule has 0 saturated carbocycles. The van der Waals surface area contributed by atoms with E-state index in [0.29, 0.717) is 11.5 Å². The first kappa shape index (κ1) is 11.2. The zero-order valence-electron chi connectivity index (χ0n) is 9.83. The third-order valence-corrected chi connectivity index (χ3v) is 2.34. The second kappa shape index (κ2) is 4.13. The number of hydrogen-bond acceptors (Lipinski definition) is 2. The van der Waals surface area contributed by atoms with Gasteiger partial charge in [-0.15, -0.1) is 0 Å². The number of rotatable bonds is 3. The molecule has 0 aromatic carbocycles. The van der Waals surface area contributed by atoms with Gasteiger partial charge in [0.25, 0.3) is 0 Å². The summed E-state index contributed by atoms with van der Waals surface area (Å²) in [6.07, 6.45) is 4.93. The highest BCUT2D eigenvalue weighted by Gasteiger charge is 2.21. The molecule has 1 N–H and O–H groups in total. The van der Waals surface area contributed by atoms with Crippen LogP contribution in [0.4, 0.5) is 0 Å². The van der Waals surface area contributed by atoms with Crippen molar-refractivity contribution in [3.8, 4) is 0 Å². The van der Waals surface area contributed by atoms with Crippen molar-refractivity contribution in [1.29, 1.82) is 0 Å². The molecule has 0 saturated heterocycles. The largest absolute Gasteiger partial charge is 0.337 e. The average Bonchev–Trinajstić information content (AvgIpc) is 2.45. The Bertz CT molecular complexity index is 283. The quantitative estimate of drug-likeness (QED) is 0.800. The van der Waals surface area contributed by atoms with Gasteiger partial charge in [-0.25, -0.2) is 4.98 Å². The molecule has 1 aromatic rings. The first-order valence-electron chi connectivity index (χ1n) is 5.08. The molecule has 1 atom stereocenters. The highest BCUT2D eigenvalue weighted by Crippen LogP contribution is 2.27. The standard InChI is InChI=1S/C11H21N3/c1-11(2,3)8-9(12-4)10-13-6-7-14(10)5/h6-7,9,12H,8H2,1-5H3. The average molecular weight is 195 g/mol. The van der Waals surface area contributed by atoms with E-state index in [1.165, 1.54) is 0 Å². The van der Waals surface area contributed by atoms with Crippen molar-refractivity contribution in [2.24, 2.45) is 12.5 Å². The Hall–Kier alpha value is -0.830. The van der Waals surface area contributed by atoms with Crippen molar-refractivity contribution in [1.82, 2.24) is 14.9 Å². The van der Waals surface area contributed by atoms with Crippen LogP contribution in [-0.2, 0) is 7.05 Å². The van der Waals surface area contributed by atoms with Gasteiger partial charge in [0.15, 0.2) is 0 Å². The number of aromatic nitrogens is 2. The predicted octanol–water partition coefficient (Wildman–Crippen LogP) is 2.12. The van der Waals surface area contributed by atoms with Gasteiger partial charge in [0.1, 0.15) is 5.82 Å². The molecule has 0 aliphatic heterocycles. The van der Waals surface area contributed by atoms with Gasteiger partial charge in [-0.05, 0) is 18.9 Å². The summed E-state index contributed by atoms with van der Waals surface area (Å²) >= 11 is 0. The molecule has 3 heteroatoms. The summed E-state index contributed by atoms with van der Waals surface area (Å²) in [5.74, 6) is 1.11. The van der Waals surface area contributed by atoms with E-state index >= 15 is 0 Å². The summed E-state index contributed by atoms with van der Waals surface area (Å²) in [4.78, 5) is 4.37. The SMILES string of the molecule is CNC(CC(C)(C)C)c1nccn1C. The fourth-order valence-corrected chi connectivity index (χ4v) is 1.65. The molecule has 0 amide bonds. The zero-order chi connectivity index (χ0) is 10.8. The van der Waals surface area contributed by atoms with Crippen molar-refractivity contribution in [3.05, 3.63) is 18.2 Å². The van der Waals surface area contributed by atoms with E-state index in [0.717, 1.165) is 12.2 Å². The summed E-state index contributed by atoms with van der Waals surface area (Å²) in [5.41, 5.74) is 0.319. The lowest BCUT2D eigenvalue weighted by molar-refractivity contribution is 0.310. The molecule has 0 spiro atoms. The summed E-state index contributed by atoms with van der Waals surface area (Å²) in [7, 11) is 4.03. The third-order valence-electron chi connectivity index (χ3n) is 2.34. The number of nitrogens with zero attached hydrogens (tertiary/aromatic N) is 2. The fraction of sp³-hybridized carbons (Fsp3) is 0.727. The number of nitrogens with one attached hydrogen (secondary N) is 1. The van der Waals surface area contributed by atoms with Gasteiger partial charge in [0.2, 0.25) is 0 Å². The fourth-order valence-electron chi connectivity index (χ4n) is 1.65. The first-order valence-corrected chi connectivity index (χ1v) is 5.08. The van der Waals surface area contributed by atoms with Gasteiger partial charge in [-0.2, -0.15) is 0 Å². The van der Waals surface area contributed by atoms with E-state index < -0.39 is 0 Å². The molecule has 80 valence electrons. The minimum absolute atomic E-state index is 0.319. The zero-order valence-corrected chi connectivity index (χ0v) is 9.83. The van der Waals surface area contributed by atoms with Crippen molar-refractivity contribution in [3.63, 3.8) is 0 Å². The van der Waals surface area contributed by atoms with Crippen LogP contribution < -0.4 is 5.32 Å². The molecular formula is C11H21N3. The highest BCUT2D eigenvalue weighted by atomic mass is 15.1. The van der Waals surface area contributed by atoms with Crippen LogP contribution in [0, 0.1) is 5.41 Å². The highest BCUT2D eigenvalue weighted by molar-refractivity contribution is 4.99. The van der Waals surface area contributed by atoms with Crippen molar-refractivity contribution < 1.29 is 0 Å². The van der Waals surface area contributed by atoms with Gasteiger partial charge in [-0.3, -0.25) is 0 Å². The smallest absolute Gasteiger partial charge is 0.125 e. The first-order chi connectivity index (χ1) is 6.44. The van der Waals surface area contributed by atoms with Crippen LogP contribution in [0.3, 0.4) is 0 Å². The predicted molar refractivity (Wildman–Crippen MR) is 59.1 cm³/mol. The molecule has 3 nitrogen and oxygen atoms in total. The van der Waals surface area contributed by atoms with Crippen LogP contribution >= 0.6 is 0 Å². The summed E-state index contributed by atoms with van der Waals surface area (Å²) in [5, 5.41) is 3.32. The monoisotopic (exact) mass is 195 g/mol. The maximum absolute atomic E-state index is 4.37. The van der Waals surface area contributed by atoms with Gasteiger partial charge >= 0.3 is 0 Å². The molecule has 0 radical (unpaired) electrons. The summed E-state index contributed by atoms with van der Waals surface area (Å²) in [6, 6.07) is 0.343. The van der Waals surface area contributed by atoms with Crippen molar-refractivity contribution >= 4 is 0 Å². The molecule has 0 aliphatic rings. The Morgan fingerprint density at radius 3 is 2.50 bits per heavy atom. The van der Waals surface area contributed by atoms with Crippen LogP contribution in [-0.4, -0.2) is 16.6 Å². The number of imidazole rings is 1. The van der Waals surface area contributed by atoms with E-state index in [9.17, 15) is 0 Å². The van der Waals surface area contributed by atoms with Gasteiger partial charge in [0.05, 0.1) is 6.04 Å². The Morgan fingerprint density at radius 2 is 2.14 bits per heavy atom. The molecule has 0 bridgehead atoms. The van der Waals surface area contributed by atoms with Crippen LogP contribution in [0.1, 0.15) is 39.1 Å². The van der Waals surface area contributed by atoms with Crippen LogP contribution in [0.15, 0.2) is 12.4 Å². The lowest BCUT2D eigenvalue weighted by Gasteiger charge is -2.25. The molecule has 0 fully saturated rings. The normalized spacial score (nSPS) is 14.4. The van der Waals surface area contributed by atoms with Gasteiger partial charge < -0.3 is 9.88 Å². The van der Waals surface area contributed by atoms with E-state index in [-0.39, 0.29) is 0 Å².